The van der Waals surface area contributed by atoms with Crippen molar-refractivity contribution in [3.63, 3.8) is 0 Å². The van der Waals surface area contributed by atoms with Crippen LogP contribution in [0.3, 0.4) is 0 Å². The Kier molecular flexibility index (Phi) is 6.72. The lowest BCUT2D eigenvalue weighted by molar-refractivity contribution is -0.127. The van der Waals surface area contributed by atoms with E-state index in [-0.39, 0.29) is 11.9 Å². The van der Waals surface area contributed by atoms with Crippen LogP contribution in [0.25, 0.3) is 0 Å². The second kappa shape index (κ2) is 8.29. The Morgan fingerprint density at radius 1 is 1.33 bits per heavy atom. The summed E-state index contributed by atoms with van der Waals surface area (Å²) in [7, 11) is 1.51. The minimum atomic E-state index is -0.667. The van der Waals surface area contributed by atoms with Crippen molar-refractivity contribution < 1.29 is 19.1 Å². The minimum Gasteiger partial charge on any atom is -0.493 e. The molecule has 0 aliphatic heterocycles. The molecule has 1 rings (SSSR count). The molecule has 5 heteroatoms. The lowest BCUT2D eigenvalue weighted by Crippen LogP contribution is -2.41. The molecule has 2 unspecified atom stereocenters. The van der Waals surface area contributed by atoms with Gasteiger partial charge in [-0.2, -0.15) is 0 Å². The summed E-state index contributed by atoms with van der Waals surface area (Å²) in [5, 5.41) is 2.89. The molecule has 116 valence electrons. The van der Waals surface area contributed by atoms with Crippen molar-refractivity contribution in [2.45, 2.75) is 45.8 Å². The normalized spacial score (nSPS) is 13.1. The third-order valence-electron chi connectivity index (χ3n) is 3.11. The van der Waals surface area contributed by atoms with Crippen LogP contribution in [-0.4, -0.2) is 31.4 Å². The van der Waals surface area contributed by atoms with Crippen molar-refractivity contribution >= 4 is 12.2 Å². The summed E-state index contributed by atoms with van der Waals surface area (Å²) in [5.74, 6) is 0.685. The van der Waals surface area contributed by atoms with E-state index in [0.29, 0.717) is 17.1 Å². The second-order valence-electron chi connectivity index (χ2n) is 4.99. The number of aldehydes is 1. The number of carbonyl (C=O) groups is 2. The Labute approximate surface area is 125 Å². The van der Waals surface area contributed by atoms with Gasteiger partial charge in [0.1, 0.15) is 6.29 Å². The van der Waals surface area contributed by atoms with Gasteiger partial charge in [-0.25, -0.2) is 0 Å². The highest BCUT2D eigenvalue weighted by molar-refractivity contribution is 5.81. The van der Waals surface area contributed by atoms with E-state index in [1.54, 1.807) is 25.1 Å². The first-order valence-corrected chi connectivity index (χ1v) is 7.12. The van der Waals surface area contributed by atoms with Crippen LogP contribution < -0.4 is 14.8 Å². The maximum Gasteiger partial charge on any atom is 0.260 e. The van der Waals surface area contributed by atoms with Gasteiger partial charge >= 0.3 is 0 Å². The molecular formula is C16H23NO4. The average Bonchev–Trinajstić information content (AvgIpc) is 2.47. The van der Waals surface area contributed by atoms with Crippen LogP contribution in [0.15, 0.2) is 18.2 Å². The zero-order valence-corrected chi connectivity index (χ0v) is 13.0. The van der Waals surface area contributed by atoms with Crippen LogP contribution in [0.1, 0.15) is 44.0 Å². The van der Waals surface area contributed by atoms with Gasteiger partial charge in [0.2, 0.25) is 0 Å². The van der Waals surface area contributed by atoms with E-state index >= 15 is 0 Å². The minimum absolute atomic E-state index is 0.108. The fraction of sp³-hybridized carbons (Fsp3) is 0.500. The van der Waals surface area contributed by atoms with Gasteiger partial charge in [-0.15, -0.1) is 0 Å². The number of amides is 1. The molecule has 0 saturated carbocycles. The molecule has 0 aliphatic carbocycles. The standard InChI is InChI=1S/C16H23NO4/c1-5-6-11(2)17-16(19)12(3)21-15-9-13(10-18)7-8-14(15)20-4/h7-12H,5-6H2,1-4H3,(H,17,19). The summed E-state index contributed by atoms with van der Waals surface area (Å²) in [5.41, 5.74) is 0.470. The Bertz CT molecular complexity index is 487. The quantitative estimate of drug-likeness (QED) is 0.748. The molecule has 0 spiro atoms. The Morgan fingerprint density at radius 3 is 2.62 bits per heavy atom. The molecule has 0 bridgehead atoms. The van der Waals surface area contributed by atoms with Crippen LogP contribution in [0.5, 0.6) is 11.5 Å². The molecule has 0 heterocycles. The highest BCUT2D eigenvalue weighted by Crippen LogP contribution is 2.28. The first-order valence-electron chi connectivity index (χ1n) is 7.12. The molecule has 0 saturated heterocycles. The number of nitrogens with one attached hydrogen (secondary N) is 1. The number of hydrogen-bond donors (Lipinski definition) is 1. The van der Waals surface area contributed by atoms with E-state index in [4.69, 9.17) is 9.47 Å². The Morgan fingerprint density at radius 2 is 2.05 bits per heavy atom. The Balaban J connectivity index is 2.75. The van der Waals surface area contributed by atoms with Crippen LogP contribution in [-0.2, 0) is 4.79 Å². The molecular weight excluding hydrogens is 270 g/mol. The summed E-state index contributed by atoms with van der Waals surface area (Å²) in [6.45, 7) is 5.70. The SMILES string of the molecule is CCCC(C)NC(=O)C(C)Oc1cc(C=O)ccc1OC. The number of methoxy groups -OCH3 is 1. The van der Waals surface area contributed by atoms with E-state index in [2.05, 4.69) is 12.2 Å². The molecule has 0 radical (unpaired) electrons. The lowest BCUT2D eigenvalue weighted by Gasteiger charge is -2.19. The maximum absolute atomic E-state index is 12.0. The highest BCUT2D eigenvalue weighted by atomic mass is 16.5. The summed E-state index contributed by atoms with van der Waals surface area (Å²) < 4.78 is 10.8. The van der Waals surface area contributed by atoms with Crippen molar-refractivity contribution in [1.82, 2.24) is 5.32 Å². The molecule has 1 aromatic rings. The van der Waals surface area contributed by atoms with E-state index < -0.39 is 6.10 Å². The summed E-state index contributed by atoms with van der Waals surface area (Å²) in [6.07, 6.45) is 1.98. The molecule has 5 nitrogen and oxygen atoms in total. The summed E-state index contributed by atoms with van der Waals surface area (Å²) in [6, 6.07) is 4.94. The average molecular weight is 293 g/mol. The zero-order valence-electron chi connectivity index (χ0n) is 13.0. The molecule has 1 amide bonds. The Hall–Kier alpha value is -2.04. The highest BCUT2D eigenvalue weighted by Gasteiger charge is 2.18. The van der Waals surface area contributed by atoms with Gasteiger partial charge in [0.25, 0.3) is 5.91 Å². The maximum atomic E-state index is 12.0. The first-order chi connectivity index (χ1) is 10.0. The predicted octanol–water partition coefficient (Wildman–Crippen LogP) is 2.58. The fourth-order valence-electron chi connectivity index (χ4n) is 1.97. The van der Waals surface area contributed by atoms with E-state index in [1.165, 1.54) is 7.11 Å². The summed E-state index contributed by atoms with van der Waals surface area (Å²) in [4.78, 5) is 22.9. The smallest absolute Gasteiger partial charge is 0.260 e. The third kappa shape index (κ3) is 5.10. The van der Waals surface area contributed by atoms with Gasteiger partial charge in [-0.3, -0.25) is 9.59 Å². The number of carbonyl (C=O) groups excluding carboxylic acids is 2. The second-order valence-corrected chi connectivity index (χ2v) is 4.99. The van der Waals surface area contributed by atoms with Crippen LogP contribution >= 0.6 is 0 Å². The van der Waals surface area contributed by atoms with Crippen LogP contribution in [0, 0.1) is 0 Å². The van der Waals surface area contributed by atoms with Gasteiger partial charge < -0.3 is 14.8 Å². The number of ether oxygens (including phenoxy) is 2. The lowest BCUT2D eigenvalue weighted by atomic mass is 10.2. The number of benzene rings is 1. The number of rotatable bonds is 8. The van der Waals surface area contributed by atoms with Crippen molar-refractivity contribution in [1.29, 1.82) is 0 Å². The topological polar surface area (TPSA) is 64.6 Å². The molecule has 0 aromatic heterocycles. The first kappa shape index (κ1) is 17.0. The molecule has 0 fully saturated rings. The third-order valence-corrected chi connectivity index (χ3v) is 3.11. The van der Waals surface area contributed by atoms with Crippen molar-refractivity contribution in [2.24, 2.45) is 0 Å². The van der Waals surface area contributed by atoms with Gasteiger partial charge in [-0.1, -0.05) is 13.3 Å². The molecule has 21 heavy (non-hydrogen) atoms. The molecule has 1 N–H and O–H groups in total. The van der Waals surface area contributed by atoms with Gasteiger partial charge in [-0.05, 0) is 38.5 Å². The van der Waals surface area contributed by atoms with Gasteiger partial charge in [0, 0.05) is 11.6 Å². The molecule has 1 aromatic carbocycles. The van der Waals surface area contributed by atoms with E-state index in [9.17, 15) is 9.59 Å². The number of hydrogen-bond acceptors (Lipinski definition) is 4. The van der Waals surface area contributed by atoms with Crippen LogP contribution in [0.4, 0.5) is 0 Å². The predicted molar refractivity (Wildman–Crippen MR) is 81.0 cm³/mol. The fourth-order valence-corrected chi connectivity index (χ4v) is 1.97. The van der Waals surface area contributed by atoms with E-state index in [1.807, 2.05) is 6.92 Å². The van der Waals surface area contributed by atoms with Gasteiger partial charge in [0.15, 0.2) is 17.6 Å². The van der Waals surface area contributed by atoms with Crippen molar-refractivity contribution in [3.05, 3.63) is 23.8 Å². The molecule has 0 aliphatic rings. The van der Waals surface area contributed by atoms with Crippen molar-refractivity contribution in [3.8, 4) is 11.5 Å². The van der Waals surface area contributed by atoms with Crippen LogP contribution in [0.2, 0.25) is 0 Å². The van der Waals surface area contributed by atoms with E-state index in [0.717, 1.165) is 19.1 Å². The van der Waals surface area contributed by atoms with Crippen molar-refractivity contribution in [2.75, 3.05) is 7.11 Å². The zero-order chi connectivity index (χ0) is 15.8. The largest absolute Gasteiger partial charge is 0.493 e. The summed E-state index contributed by atoms with van der Waals surface area (Å²) >= 11 is 0. The molecule has 2 atom stereocenters. The van der Waals surface area contributed by atoms with Gasteiger partial charge in [0.05, 0.1) is 7.11 Å². The monoisotopic (exact) mass is 293 g/mol.